The Hall–Kier alpha value is -8.54. The van der Waals surface area contributed by atoms with Crippen LogP contribution in [-0.2, 0) is 117 Å². The predicted octanol–water partition coefficient (Wildman–Crippen LogP) is 11.4. The Morgan fingerprint density at radius 3 is 0.732 bits per heavy atom. The molecule has 112 heavy (non-hydrogen) atoms. The third kappa shape index (κ3) is 20.9. The van der Waals surface area contributed by atoms with Crippen molar-refractivity contribution < 1.29 is 47.4 Å². The maximum absolute atomic E-state index is 13.2. The zero-order valence-electron chi connectivity index (χ0n) is 68.5. The molecule has 0 aliphatic heterocycles. The number of methoxy groups -OCH3 is 10. The topological polar surface area (TPSA) is 280 Å². The van der Waals surface area contributed by atoms with E-state index in [2.05, 4.69) is 57.7 Å². The fourth-order valence-corrected chi connectivity index (χ4v) is 15.7. The molecule has 12 rings (SSSR count). The summed E-state index contributed by atoms with van der Waals surface area (Å²) in [7, 11) is 23.2. The molecule has 0 spiro atoms. The van der Waals surface area contributed by atoms with Crippen LogP contribution in [0.5, 0.6) is 11.5 Å². The normalized spacial score (nSPS) is 13.4. The van der Waals surface area contributed by atoms with Gasteiger partial charge in [0.2, 0.25) is 0 Å². The fraction of sp³-hybridized carbons (Fsp3) is 0.524. The quantitative estimate of drug-likeness (QED) is 0.0325. The van der Waals surface area contributed by atoms with E-state index in [0.29, 0.717) is 132 Å². The number of fused-ring (bicyclic) bond motifs is 4. The van der Waals surface area contributed by atoms with Crippen LogP contribution in [0.3, 0.4) is 0 Å². The van der Waals surface area contributed by atoms with E-state index in [1.54, 1.807) is 118 Å². The maximum atomic E-state index is 13.2. The zero-order chi connectivity index (χ0) is 81.0. The molecule has 0 amide bonds. The molecule has 0 fully saturated rings. The van der Waals surface area contributed by atoms with Crippen LogP contribution >= 0.6 is 23.2 Å². The van der Waals surface area contributed by atoms with Gasteiger partial charge in [0, 0.05) is 96.2 Å². The van der Waals surface area contributed by atoms with Gasteiger partial charge in [-0.2, -0.15) is 0 Å². The number of aryl methyl sites for hydroxylation is 12. The Morgan fingerprint density at radius 2 is 0.509 bits per heavy atom. The van der Waals surface area contributed by atoms with Gasteiger partial charge < -0.3 is 68.6 Å². The Kier molecular flexibility index (Phi) is 32.4. The summed E-state index contributed by atoms with van der Waals surface area (Å²) in [6.45, 7) is 10.7. The lowest BCUT2D eigenvalue weighted by Gasteiger charge is -2.22. The highest BCUT2D eigenvalue weighted by atomic mass is 35.5. The van der Waals surface area contributed by atoms with E-state index in [0.717, 1.165) is 98.0 Å². The van der Waals surface area contributed by atoms with E-state index >= 15 is 0 Å². The number of nitrogens with zero attached hydrogens (tertiary/aromatic N) is 8. The molecule has 0 saturated carbocycles. The molecule has 26 nitrogen and oxygen atoms in total. The average molecular weight is 1590 g/mol. The Labute approximate surface area is 667 Å². The van der Waals surface area contributed by atoms with Gasteiger partial charge in [-0.05, 0) is 211 Å². The first kappa shape index (κ1) is 87.4. The molecule has 0 saturated heterocycles. The third-order valence-corrected chi connectivity index (χ3v) is 21.5. The molecule has 0 bridgehead atoms. The molecule has 28 heteroatoms. The number of aromatic nitrogens is 8. The van der Waals surface area contributed by atoms with Crippen molar-refractivity contribution in [3.8, 4) is 57.1 Å². The van der Waals surface area contributed by atoms with Crippen LogP contribution in [0.1, 0.15) is 106 Å². The Morgan fingerprint density at radius 1 is 0.312 bits per heavy atom. The van der Waals surface area contributed by atoms with Gasteiger partial charge in [0.1, 0.15) is 57.5 Å². The van der Waals surface area contributed by atoms with Crippen LogP contribution in [-0.4, -0.2) is 186 Å². The van der Waals surface area contributed by atoms with Crippen LogP contribution in [0.25, 0.3) is 45.6 Å². The van der Waals surface area contributed by atoms with Crippen LogP contribution in [0, 0.1) is 27.7 Å². The predicted molar refractivity (Wildman–Crippen MR) is 444 cm³/mol. The highest BCUT2D eigenvalue weighted by molar-refractivity contribution is 6.33. The Bertz CT molecular complexity index is 4810. The SMILES string of the molecule is COCC(COC)Nc1c(C)nc(-c2cc3c(cc2Cl)CCC3)n(C)c1=O.COCC(COC)Nc1c(C)nc(-c2cc3c(cc2Cl)CCCC3)n(C)c1=O.COCC(COC)Nc1c(C)nc(-c2cc3c(cc2OC)CCC3)n(C)c1=O.COCC(COC)Nc1c(C)nc(-c2cc3c(cc2OC)CCCC3)n(C)c1=O. The summed E-state index contributed by atoms with van der Waals surface area (Å²) >= 11 is 13.1. The van der Waals surface area contributed by atoms with Crippen molar-refractivity contribution in [2.75, 3.05) is 145 Å². The first-order chi connectivity index (χ1) is 53.9. The molecule has 4 heterocycles. The number of hydrogen-bond donors (Lipinski definition) is 4. The van der Waals surface area contributed by atoms with Crippen molar-refractivity contribution in [1.29, 1.82) is 0 Å². The molecule has 4 N–H and O–H groups in total. The van der Waals surface area contributed by atoms with E-state index in [-0.39, 0.29) is 46.4 Å². The van der Waals surface area contributed by atoms with E-state index in [4.69, 9.17) is 90.5 Å². The van der Waals surface area contributed by atoms with Gasteiger partial charge in [-0.25, -0.2) is 19.9 Å². The number of rotatable bonds is 30. The van der Waals surface area contributed by atoms with Crippen LogP contribution in [0.15, 0.2) is 67.7 Å². The van der Waals surface area contributed by atoms with Gasteiger partial charge in [0.15, 0.2) is 0 Å². The molecule has 4 aliphatic rings. The number of nitrogens with one attached hydrogen (secondary N) is 4. The number of anilines is 4. The van der Waals surface area contributed by atoms with Crippen molar-refractivity contribution in [2.45, 2.75) is 142 Å². The monoisotopic (exact) mass is 1580 g/mol. The number of halogens is 2. The second-order valence-corrected chi connectivity index (χ2v) is 29.8. The van der Waals surface area contributed by atoms with E-state index in [1.807, 2.05) is 39.8 Å². The first-order valence-corrected chi connectivity index (χ1v) is 39.0. The van der Waals surface area contributed by atoms with Crippen molar-refractivity contribution >= 4 is 46.0 Å². The smallest absolute Gasteiger partial charge is 0.277 e. The highest BCUT2D eigenvalue weighted by Gasteiger charge is 2.28. The second-order valence-electron chi connectivity index (χ2n) is 29.0. The molecule has 0 unspecified atom stereocenters. The molecule has 4 aromatic heterocycles. The van der Waals surface area contributed by atoms with Gasteiger partial charge in [-0.1, -0.05) is 23.2 Å². The number of benzene rings is 4. The second kappa shape index (κ2) is 41.5. The van der Waals surface area contributed by atoms with Gasteiger partial charge in [-0.15, -0.1) is 0 Å². The lowest BCUT2D eigenvalue weighted by atomic mass is 9.89. The minimum absolute atomic E-state index is 0.135. The summed E-state index contributed by atoms with van der Waals surface area (Å²) in [4.78, 5) is 71.3. The average Bonchev–Trinajstić information content (AvgIpc) is 1.19. The van der Waals surface area contributed by atoms with Crippen LogP contribution in [0.2, 0.25) is 10.0 Å². The van der Waals surface area contributed by atoms with Crippen molar-refractivity contribution in [1.82, 2.24) is 38.2 Å². The summed E-state index contributed by atoms with van der Waals surface area (Å²) < 4.78 is 59.2. The van der Waals surface area contributed by atoms with Crippen molar-refractivity contribution in [2.24, 2.45) is 28.2 Å². The molecule has 8 aromatic rings. The molecular formula is C84H114Cl2N12O14. The lowest BCUT2D eigenvalue weighted by Crippen LogP contribution is -2.35. The minimum atomic E-state index is -0.147. The molecular weight excluding hydrogens is 1470 g/mol. The fourth-order valence-electron chi connectivity index (χ4n) is 15.2. The summed E-state index contributed by atoms with van der Waals surface area (Å²) in [6, 6.07) is 16.1. The van der Waals surface area contributed by atoms with E-state index in [9.17, 15) is 19.2 Å². The van der Waals surface area contributed by atoms with E-state index < -0.39 is 0 Å². The summed E-state index contributed by atoms with van der Waals surface area (Å²) in [6.07, 6.45) is 15.5. The lowest BCUT2D eigenvalue weighted by molar-refractivity contribution is 0.126. The highest BCUT2D eigenvalue weighted by Crippen LogP contribution is 2.39. The molecule has 4 aliphatic carbocycles. The molecule has 0 atom stereocenters. The van der Waals surface area contributed by atoms with Gasteiger partial charge in [0.25, 0.3) is 22.2 Å². The summed E-state index contributed by atoms with van der Waals surface area (Å²) in [5.74, 6) is 3.89. The maximum Gasteiger partial charge on any atom is 0.277 e. The molecule has 4 aromatic carbocycles. The zero-order valence-corrected chi connectivity index (χ0v) is 70.0. The standard InChI is InChI=1S/C22H31N3O4.C21H28ClN3O3.C21H29N3O4.C20H26ClN3O3/c1-14-20(24-17(12-27-3)13-28-4)22(26)25(2)21(23-14)18-10-15-8-6-7-9-16(15)11-19(18)29-5;1-13-19(24-16(11-27-3)12-28-4)21(26)25(2)20(23-13)17-9-14-7-5-6-8-15(14)10-18(17)22;1-13-19(23-16(11-26-3)12-27-4)21(25)24(2)20(22-13)17-9-14-7-6-8-15(14)10-18(17)28-5;1-12-18(23-15(10-26-3)11-27-4)20(25)24(2)19(22-12)16-8-13-6-5-7-14(13)9-17(16)21/h10-11,17,24H,6-9,12-13H2,1-5H3;9-10,16,24H,5-8,11-12H2,1-4H3;9-10,16,23H,6-8,11-12H2,1-5H3;8-9,15,23H,5-7,10-11H2,1-4H3. The van der Waals surface area contributed by atoms with E-state index in [1.165, 1.54) is 70.2 Å². The number of hydrogen-bond acceptors (Lipinski definition) is 22. The minimum Gasteiger partial charge on any atom is -0.496 e. The van der Waals surface area contributed by atoms with Crippen LogP contribution < -0.4 is 53.0 Å². The van der Waals surface area contributed by atoms with Crippen LogP contribution in [0.4, 0.5) is 22.7 Å². The summed E-state index contributed by atoms with van der Waals surface area (Å²) in [5, 5.41) is 14.2. The Balaban J connectivity index is 0.000000171. The summed E-state index contributed by atoms with van der Waals surface area (Å²) in [5.41, 5.74) is 17.6. The molecule has 608 valence electrons. The van der Waals surface area contributed by atoms with Crippen molar-refractivity contribution in [3.05, 3.63) is 167 Å². The van der Waals surface area contributed by atoms with Gasteiger partial charge in [0.05, 0.1) is 135 Å². The van der Waals surface area contributed by atoms with Crippen molar-refractivity contribution in [3.63, 3.8) is 0 Å². The largest absolute Gasteiger partial charge is 0.496 e. The van der Waals surface area contributed by atoms with Gasteiger partial charge >= 0.3 is 0 Å². The first-order valence-electron chi connectivity index (χ1n) is 38.2. The number of ether oxygens (including phenoxy) is 10. The molecule has 0 radical (unpaired) electrons. The van der Waals surface area contributed by atoms with Gasteiger partial charge in [-0.3, -0.25) is 37.4 Å². The third-order valence-electron chi connectivity index (χ3n) is 20.9.